The van der Waals surface area contributed by atoms with Crippen LogP contribution in [0.2, 0.25) is 5.02 Å². The van der Waals surface area contributed by atoms with Crippen LogP contribution in [0.15, 0.2) is 60.8 Å². The number of aliphatic hydroxyl groups excluding tert-OH is 1. The summed E-state index contributed by atoms with van der Waals surface area (Å²) in [6, 6.07) is 17.3. The lowest BCUT2D eigenvalue weighted by molar-refractivity contribution is -0.119. The van der Waals surface area contributed by atoms with Crippen molar-refractivity contribution < 1.29 is 23.4 Å². The SMILES string of the molecule is COc1nc(-c2cccc(-c3cccc(Nc4nc(C(F)F)nc5cc(CN6CC[C@@H](O)C6)cnc45)c3C)c2Cl)ccc1CN1CC[C@@H](NC(C)=O)C1. The molecule has 53 heavy (non-hydrogen) atoms. The Balaban J connectivity index is 1.16. The highest BCUT2D eigenvalue weighted by atomic mass is 35.5. The summed E-state index contributed by atoms with van der Waals surface area (Å²) >= 11 is 7.13. The minimum atomic E-state index is -2.88. The number of β-amino-alcohol motifs (C(OH)–C–C–N with tert-alkyl or cyclic N) is 1. The summed E-state index contributed by atoms with van der Waals surface area (Å²) in [5.74, 6) is 0.0570. The molecule has 14 heteroatoms. The van der Waals surface area contributed by atoms with Crippen LogP contribution in [0.1, 0.15) is 48.7 Å². The topological polar surface area (TPSA) is 129 Å². The number of likely N-dealkylation sites (tertiary alicyclic amines) is 2. The van der Waals surface area contributed by atoms with Gasteiger partial charge in [-0.15, -0.1) is 0 Å². The fraction of sp³-hybridized carbons (Fsp3) is 0.359. The number of hydrogen-bond donors (Lipinski definition) is 3. The molecule has 2 aliphatic heterocycles. The number of carbonyl (C=O) groups is 1. The van der Waals surface area contributed by atoms with Crippen LogP contribution >= 0.6 is 11.6 Å². The van der Waals surface area contributed by atoms with E-state index >= 15 is 0 Å². The van der Waals surface area contributed by atoms with Crippen LogP contribution in [-0.2, 0) is 17.9 Å². The van der Waals surface area contributed by atoms with Crippen LogP contribution in [0.5, 0.6) is 5.88 Å². The zero-order valence-corrected chi connectivity index (χ0v) is 30.5. The Morgan fingerprint density at radius 2 is 1.75 bits per heavy atom. The summed E-state index contributed by atoms with van der Waals surface area (Å²) in [6.07, 6.45) is 0.0389. The number of nitrogens with zero attached hydrogens (tertiary/aromatic N) is 6. The Bertz CT molecular complexity index is 2150. The van der Waals surface area contributed by atoms with Gasteiger partial charge in [-0.3, -0.25) is 19.6 Å². The van der Waals surface area contributed by atoms with E-state index in [0.29, 0.717) is 59.4 Å². The Morgan fingerprint density at radius 3 is 2.51 bits per heavy atom. The van der Waals surface area contributed by atoms with Crippen LogP contribution < -0.4 is 15.4 Å². The molecule has 0 saturated carbocycles. The number of nitrogens with one attached hydrogen (secondary N) is 2. The number of alkyl halides is 2. The van der Waals surface area contributed by atoms with E-state index in [2.05, 4.69) is 35.4 Å². The number of ether oxygens (including phenoxy) is 1. The van der Waals surface area contributed by atoms with Gasteiger partial charge in [0.15, 0.2) is 11.6 Å². The van der Waals surface area contributed by atoms with Gasteiger partial charge >= 0.3 is 0 Å². The summed E-state index contributed by atoms with van der Waals surface area (Å²) in [6.45, 7) is 7.56. The van der Waals surface area contributed by atoms with Crippen molar-refractivity contribution in [2.24, 2.45) is 0 Å². The first-order valence-electron chi connectivity index (χ1n) is 17.6. The number of pyridine rings is 2. The molecule has 1 amide bonds. The van der Waals surface area contributed by atoms with Crippen molar-refractivity contribution in [2.75, 3.05) is 38.6 Å². The molecular formula is C39H41ClF2N8O3. The highest BCUT2D eigenvalue weighted by Crippen LogP contribution is 2.40. The van der Waals surface area contributed by atoms with Gasteiger partial charge in [-0.05, 0) is 54.7 Å². The minimum absolute atomic E-state index is 0.0247. The van der Waals surface area contributed by atoms with E-state index in [0.717, 1.165) is 59.4 Å². The molecule has 3 aromatic heterocycles. The fourth-order valence-corrected chi connectivity index (χ4v) is 7.56. The second-order valence-corrected chi connectivity index (χ2v) is 14.1. The number of anilines is 2. The van der Waals surface area contributed by atoms with Gasteiger partial charge in [0.25, 0.3) is 6.43 Å². The lowest BCUT2D eigenvalue weighted by Crippen LogP contribution is -2.35. The highest BCUT2D eigenvalue weighted by Gasteiger charge is 2.25. The Hall–Kier alpha value is -4.82. The maximum atomic E-state index is 14.0. The van der Waals surface area contributed by atoms with Crippen LogP contribution in [-0.4, -0.2) is 86.2 Å². The van der Waals surface area contributed by atoms with Crippen LogP contribution in [0, 0.1) is 6.92 Å². The molecule has 7 rings (SSSR count). The number of benzene rings is 2. The summed E-state index contributed by atoms with van der Waals surface area (Å²) in [7, 11) is 1.60. The number of hydrogen-bond acceptors (Lipinski definition) is 10. The van der Waals surface area contributed by atoms with Crippen LogP contribution in [0.25, 0.3) is 33.4 Å². The van der Waals surface area contributed by atoms with E-state index in [1.54, 1.807) is 19.4 Å². The van der Waals surface area contributed by atoms with Gasteiger partial charge in [-0.2, -0.15) is 0 Å². The third-order valence-electron chi connectivity index (χ3n) is 9.82. The maximum absolute atomic E-state index is 14.0. The van der Waals surface area contributed by atoms with Crippen LogP contribution in [0.4, 0.5) is 20.3 Å². The molecule has 0 spiro atoms. The predicted octanol–water partition coefficient (Wildman–Crippen LogP) is 6.68. The minimum Gasteiger partial charge on any atom is -0.481 e. The van der Waals surface area contributed by atoms with Gasteiger partial charge < -0.3 is 20.5 Å². The van der Waals surface area contributed by atoms with Crippen molar-refractivity contribution in [3.05, 3.63) is 88.3 Å². The normalized spacial score (nSPS) is 17.9. The first-order chi connectivity index (χ1) is 25.6. The second-order valence-electron chi connectivity index (χ2n) is 13.7. The van der Waals surface area contributed by atoms with E-state index in [9.17, 15) is 18.7 Å². The van der Waals surface area contributed by atoms with Gasteiger partial charge in [-0.25, -0.2) is 23.7 Å². The quantitative estimate of drug-likeness (QED) is 0.135. The summed E-state index contributed by atoms with van der Waals surface area (Å²) in [5, 5.41) is 16.7. The van der Waals surface area contributed by atoms with Crippen molar-refractivity contribution in [1.82, 2.24) is 35.1 Å². The lowest BCUT2D eigenvalue weighted by Gasteiger charge is -2.19. The van der Waals surface area contributed by atoms with Gasteiger partial charge in [-0.1, -0.05) is 48.0 Å². The smallest absolute Gasteiger partial charge is 0.297 e. The van der Waals surface area contributed by atoms with E-state index in [1.807, 2.05) is 55.5 Å². The lowest BCUT2D eigenvalue weighted by atomic mass is 9.96. The molecule has 5 aromatic rings. The average Bonchev–Trinajstić information content (AvgIpc) is 3.76. The number of aliphatic hydroxyl groups is 1. The third kappa shape index (κ3) is 8.08. The monoisotopic (exact) mass is 742 g/mol. The van der Waals surface area contributed by atoms with Crippen molar-refractivity contribution >= 4 is 40.0 Å². The number of halogens is 3. The molecule has 11 nitrogen and oxygen atoms in total. The van der Waals surface area contributed by atoms with Crippen molar-refractivity contribution in [2.45, 2.75) is 58.3 Å². The first-order valence-corrected chi connectivity index (χ1v) is 18.0. The first kappa shape index (κ1) is 36.5. The molecule has 276 valence electrons. The third-order valence-corrected chi connectivity index (χ3v) is 10.2. The van der Waals surface area contributed by atoms with Gasteiger partial charge in [0, 0.05) is 80.8 Å². The van der Waals surface area contributed by atoms with Gasteiger partial charge in [0.1, 0.15) is 5.52 Å². The molecule has 0 unspecified atom stereocenters. The molecule has 2 atom stereocenters. The number of carbonyl (C=O) groups excluding carboxylic acids is 1. The standard InChI is InChI=1S/C39H41ClF2N8O3/c1-22-28(29-7-4-8-30(34(29)40)32-11-10-25(39(47-32)53-3)19-50-14-12-26(20-50)44-23(2)51)6-5-9-31(22)45-37-35-33(46-38(48-37)36(41)42)16-24(17-43-35)18-49-15-13-27(52)21-49/h4-11,16-17,26-27,36,52H,12-15,18-21H2,1-3H3,(H,44,51)(H,45,46,48)/t26-,27-/m1/s1. The van der Waals surface area contributed by atoms with Gasteiger partial charge in [0.05, 0.1) is 29.4 Å². The molecule has 2 aromatic carbocycles. The van der Waals surface area contributed by atoms with Crippen molar-refractivity contribution in [1.29, 1.82) is 0 Å². The maximum Gasteiger partial charge on any atom is 0.297 e. The Morgan fingerprint density at radius 1 is 1.00 bits per heavy atom. The van der Waals surface area contributed by atoms with Gasteiger partial charge in [0.2, 0.25) is 11.8 Å². The van der Waals surface area contributed by atoms with E-state index in [-0.39, 0.29) is 23.9 Å². The molecule has 2 saturated heterocycles. The molecule has 0 radical (unpaired) electrons. The zero-order chi connectivity index (χ0) is 37.2. The number of rotatable bonds is 11. The number of methoxy groups -OCH3 is 1. The number of amides is 1. The summed E-state index contributed by atoms with van der Waals surface area (Å²) in [5.41, 5.74) is 6.88. The predicted molar refractivity (Wildman–Crippen MR) is 200 cm³/mol. The second kappa shape index (κ2) is 15.7. The van der Waals surface area contributed by atoms with E-state index in [4.69, 9.17) is 21.3 Å². The molecule has 0 bridgehead atoms. The van der Waals surface area contributed by atoms with Crippen LogP contribution in [0.3, 0.4) is 0 Å². The summed E-state index contributed by atoms with van der Waals surface area (Å²) < 4.78 is 33.8. The Kier molecular flexibility index (Phi) is 10.8. The number of aromatic nitrogens is 4. The molecule has 2 aliphatic rings. The number of fused-ring (bicyclic) bond motifs is 1. The van der Waals surface area contributed by atoms with Crippen molar-refractivity contribution in [3.8, 4) is 28.3 Å². The fourth-order valence-electron chi connectivity index (χ4n) is 7.23. The molecule has 2 fully saturated rings. The molecule has 5 heterocycles. The molecule has 0 aliphatic carbocycles. The largest absolute Gasteiger partial charge is 0.481 e. The average molecular weight is 743 g/mol. The van der Waals surface area contributed by atoms with Crippen molar-refractivity contribution in [3.63, 3.8) is 0 Å². The molecular weight excluding hydrogens is 702 g/mol. The zero-order valence-electron chi connectivity index (χ0n) is 29.7. The summed E-state index contributed by atoms with van der Waals surface area (Å²) in [4.78, 5) is 33.6. The van der Waals surface area contributed by atoms with E-state index in [1.165, 1.54) is 6.92 Å². The highest BCUT2D eigenvalue weighted by molar-refractivity contribution is 6.36. The van der Waals surface area contributed by atoms with E-state index < -0.39 is 12.2 Å². The Labute approximate surface area is 311 Å². The molecule has 3 N–H and O–H groups in total.